The van der Waals surface area contributed by atoms with E-state index in [1.54, 1.807) is 0 Å². The molecule has 0 aliphatic carbocycles. The van der Waals surface area contributed by atoms with Crippen LogP contribution in [0, 0.1) is 5.92 Å². The lowest BCUT2D eigenvalue weighted by molar-refractivity contribution is 0.0925. The van der Waals surface area contributed by atoms with E-state index >= 15 is 0 Å². The van der Waals surface area contributed by atoms with Crippen LogP contribution in [0.2, 0.25) is 0 Å². The normalized spacial score (nSPS) is 28.8. The predicted molar refractivity (Wildman–Crippen MR) is 99.4 cm³/mol. The standard InChI is InChI=1S/C18H27N3O3S/c1-2-19-18(21-16-9-11-25(22,23)13-16)20-12-15-8-10-24-17(15)14-6-4-3-5-7-14/h3-7,15-17H,2,8-13H2,1H3,(H2,19,20,21). The lowest BCUT2D eigenvalue weighted by atomic mass is 9.95. The van der Waals surface area contributed by atoms with E-state index in [9.17, 15) is 8.42 Å². The first-order valence-electron chi connectivity index (χ1n) is 8.99. The smallest absolute Gasteiger partial charge is 0.191 e. The van der Waals surface area contributed by atoms with E-state index in [-0.39, 0.29) is 23.7 Å². The Hall–Kier alpha value is -1.60. The summed E-state index contributed by atoms with van der Waals surface area (Å²) in [6.07, 6.45) is 1.71. The van der Waals surface area contributed by atoms with Crippen molar-refractivity contribution in [3.05, 3.63) is 35.9 Å². The summed E-state index contributed by atoms with van der Waals surface area (Å²) in [5.74, 6) is 1.49. The predicted octanol–water partition coefficient (Wildman–Crippen LogP) is 1.51. The van der Waals surface area contributed by atoms with Crippen molar-refractivity contribution in [3.8, 4) is 0 Å². The maximum absolute atomic E-state index is 11.6. The molecule has 6 nitrogen and oxygen atoms in total. The van der Waals surface area contributed by atoms with Gasteiger partial charge in [0.25, 0.3) is 0 Å². The van der Waals surface area contributed by atoms with Crippen molar-refractivity contribution >= 4 is 15.8 Å². The minimum atomic E-state index is -2.90. The van der Waals surface area contributed by atoms with Crippen LogP contribution in [0.3, 0.4) is 0 Å². The molecule has 138 valence electrons. The molecule has 2 heterocycles. The fourth-order valence-electron chi connectivity index (χ4n) is 3.46. The highest BCUT2D eigenvalue weighted by atomic mass is 32.2. The molecule has 0 amide bonds. The number of hydrogen-bond donors (Lipinski definition) is 2. The molecule has 2 aliphatic heterocycles. The number of sulfone groups is 1. The largest absolute Gasteiger partial charge is 0.373 e. The van der Waals surface area contributed by atoms with Gasteiger partial charge in [0.1, 0.15) is 0 Å². The molecule has 1 aromatic carbocycles. The molecule has 1 aromatic rings. The molecule has 3 atom stereocenters. The van der Waals surface area contributed by atoms with Crippen LogP contribution in [-0.4, -0.2) is 51.6 Å². The maximum atomic E-state index is 11.6. The van der Waals surface area contributed by atoms with Crippen molar-refractivity contribution < 1.29 is 13.2 Å². The molecular weight excluding hydrogens is 338 g/mol. The average molecular weight is 365 g/mol. The van der Waals surface area contributed by atoms with Crippen molar-refractivity contribution in [2.24, 2.45) is 10.9 Å². The van der Waals surface area contributed by atoms with Crippen molar-refractivity contribution in [2.75, 3.05) is 31.2 Å². The van der Waals surface area contributed by atoms with Crippen molar-refractivity contribution in [1.29, 1.82) is 0 Å². The first kappa shape index (κ1) is 18.2. The Morgan fingerprint density at radius 1 is 1.28 bits per heavy atom. The summed E-state index contributed by atoms with van der Waals surface area (Å²) < 4.78 is 29.2. The van der Waals surface area contributed by atoms with Crippen LogP contribution in [0.5, 0.6) is 0 Å². The Labute approximate surface area is 150 Å². The van der Waals surface area contributed by atoms with E-state index in [1.165, 1.54) is 5.56 Å². The molecule has 0 bridgehead atoms. The topological polar surface area (TPSA) is 79.8 Å². The SMILES string of the molecule is CCNC(=NCC1CCOC1c1ccccc1)NC1CCS(=O)(=O)C1. The Morgan fingerprint density at radius 2 is 2.08 bits per heavy atom. The Bertz CT molecular complexity index is 691. The highest BCUT2D eigenvalue weighted by Crippen LogP contribution is 2.34. The van der Waals surface area contributed by atoms with Crippen molar-refractivity contribution in [3.63, 3.8) is 0 Å². The second kappa shape index (κ2) is 8.19. The van der Waals surface area contributed by atoms with Gasteiger partial charge in [0.2, 0.25) is 0 Å². The monoisotopic (exact) mass is 365 g/mol. The molecule has 7 heteroatoms. The molecule has 25 heavy (non-hydrogen) atoms. The van der Waals surface area contributed by atoms with Crippen LogP contribution in [-0.2, 0) is 14.6 Å². The van der Waals surface area contributed by atoms with Gasteiger partial charge >= 0.3 is 0 Å². The number of ether oxygens (including phenoxy) is 1. The van der Waals surface area contributed by atoms with E-state index in [0.29, 0.717) is 24.8 Å². The lowest BCUT2D eigenvalue weighted by Gasteiger charge is -2.19. The Morgan fingerprint density at radius 3 is 2.76 bits per heavy atom. The third-order valence-electron chi connectivity index (χ3n) is 4.74. The second-order valence-electron chi connectivity index (χ2n) is 6.71. The Kier molecular flexibility index (Phi) is 5.96. The van der Waals surface area contributed by atoms with Crippen molar-refractivity contribution in [2.45, 2.75) is 31.9 Å². The number of hydrogen-bond acceptors (Lipinski definition) is 4. The van der Waals surface area contributed by atoms with E-state index in [2.05, 4.69) is 22.8 Å². The quantitative estimate of drug-likeness (QED) is 0.611. The molecule has 0 aromatic heterocycles. The lowest BCUT2D eigenvalue weighted by Crippen LogP contribution is -2.44. The zero-order chi connectivity index (χ0) is 17.7. The van der Waals surface area contributed by atoms with Gasteiger partial charge in [-0.05, 0) is 25.3 Å². The summed E-state index contributed by atoms with van der Waals surface area (Å²) in [7, 11) is -2.90. The van der Waals surface area contributed by atoms with Crippen LogP contribution >= 0.6 is 0 Å². The summed E-state index contributed by atoms with van der Waals surface area (Å²) in [5, 5.41) is 6.49. The summed E-state index contributed by atoms with van der Waals surface area (Å²) in [5.41, 5.74) is 1.19. The van der Waals surface area contributed by atoms with E-state index in [1.807, 2.05) is 25.1 Å². The highest BCUT2D eigenvalue weighted by Gasteiger charge is 2.30. The van der Waals surface area contributed by atoms with Crippen molar-refractivity contribution in [1.82, 2.24) is 10.6 Å². The van der Waals surface area contributed by atoms with Gasteiger partial charge in [0.15, 0.2) is 15.8 Å². The van der Waals surface area contributed by atoms with Gasteiger partial charge in [-0.15, -0.1) is 0 Å². The number of nitrogens with zero attached hydrogens (tertiary/aromatic N) is 1. The third-order valence-corrected chi connectivity index (χ3v) is 6.51. The molecule has 3 rings (SSSR count). The molecule has 0 saturated carbocycles. The zero-order valence-electron chi connectivity index (χ0n) is 14.6. The minimum absolute atomic E-state index is 0.0486. The van der Waals surface area contributed by atoms with Gasteiger partial charge in [0.05, 0.1) is 17.6 Å². The number of guanidine groups is 1. The van der Waals surface area contributed by atoms with Crippen LogP contribution < -0.4 is 10.6 Å². The third kappa shape index (κ3) is 4.95. The number of benzene rings is 1. The molecule has 2 aliphatic rings. The highest BCUT2D eigenvalue weighted by molar-refractivity contribution is 7.91. The summed E-state index contributed by atoms with van der Waals surface area (Å²) >= 11 is 0. The zero-order valence-corrected chi connectivity index (χ0v) is 15.5. The minimum Gasteiger partial charge on any atom is -0.373 e. The van der Waals surface area contributed by atoms with Gasteiger partial charge in [-0.2, -0.15) is 0 Å². The Balaban J connectivity index is 1.62. The van der Waals surface area contributed by atoms with Gasteiger partial charge in [-0.25, -0.2) is 8.42 Å². The summed E-state index contributed by atoms with van der Waals surface area (Å²) in [6, 6.07) is 10.2. The van der Waals surface area contributed by atoms with Crippen LogP contribution in [0.1, 0.15) is 31.4 Å². The molecule has 0 spiro atoms. The summed E-state index contributed by atoms with van der Waals surface area (Å²) in [6.45, 7) is 4.17. The molecule has 0 radical (unpaired) electrons. The average Bonchev–Trinajstić information content (AvgIpc) is 3.20. The van der Waals surface area contributed by atoms with Gasteiger partial charge in [0, 0.05) is 31.7 Å². The van der Waals surface area contributed by atoms with E-state index < -0.39 is 9.84 Å². The molecular formula is C18H27N3O3S. The fraction of sp³-hybridized carbons (Fsp3) is 0.611. The molecule has 2 fully saturated rings. The first-order chi connectivity index (χ1) is 12.1. The van der Waals surface area contributed by atoms with Gasteiger partial charge < -0.3 is 15.4 Å². The second-order valence-corrected chi connectivity index (χ2v) is 8.94. The number of nitrogens with one attached hydrogen (secondary N) is 2. The van der Waals surface area contributed by atoms with E-state index in [0.717, 1.165) is 19.6 Å². The van der Waals surface area contributed by atoms with E-state index in [4.69, 9.17) is 9.73 Å². The molecule has 2 saturated heterocycles. The fourth-order valence-corrected chi connectivity index (χ4v) is 5.14. The first-order valence-corrected chi connectivity index (χ1v) is 10.8. The van der Waals surface area contributed by atoms with Gasteiger partial charge in [-0.1, -0.05) is 30.3 Å². The summed E-state index contributed by atoms with van der Waals surface area (Å²) in [4.78, 5) is 4.70. The van der Waals surface area contributed by atoms with Gasteiger partial charge in [-0.3, -0.25) is 4.99 Å². The maximum Gasteiger partial charge on any atom is 0.191 e. The van der Waals surface area contributed by atoms with Crippen LogP contribution in [0.4, 0.5) is 0 Å². The molecule has 2 N–H and O–H groups in total. The number of aliphatic imine (C=N–C) groups is 1. The molecule has 3 unspecified atom stereocenters. The number of rotatable bonds is 5. The van der Waals surface area contributed by atoms with Crippen LogP contribution in [0.25, 0.3) is 0 Å². The van der Waals surface area contributed by atoms with Crippen LogP contribution in [0.15, 0.2) is 35.3 Å².